The van der Waals surface area contributed by atoms with Crippen LogP contribution in [0.5, 0.6) is 0 Å². The molecule has 0 spiro atoms. The number of carbonyl (C=O) groups is 2. The molecule has 0 bridgehead atoms. The molecular formula is C15H20ClN3O2S. The highest BCUT2D eigenvalue weighted by Gasteiger charge is 2.25. The summed E-state index contributed by atoms with van der Waals surface area (Å²) in [4.78, 5) is 27.2. The third-order valence-electron chi connectivity index (χ3n) is 3.78. The second kappa shape index (κ2) is 7.35. The number of nitrogens with one attached hydrogen (secondary N) is 2. The van der Waals surface area contributed by atoms with Gasteiger partial charge in [0.15, 0.2) is 0 Å². The summed E-state index contributed by atoms with van der Waals surface area (Å²) in [5.74, 6) is 0.0374. The van der Waals surface area contributed by atoms with Crippen molar-refractivity contribution in [3.05, 3.63) is 23.8 Å². The first-order valence-electron chi connectivity index (χ1n) is 7.27. The van der Waals surface area contributed by atoms with Crippen LogP contribution in [0.1, 0.15) is 23.7 Å². The third kappa shape index (κ3) is 3.56. The molecule has 120 valence electrons. The number of amides is 2. The molecule has 1 aromatic carbocycles. The van der Waals surface area contributed by atoms with Crippen LogP contribution < -0.4 is 10.6 Å². The summed E-state index contributed by atoms with van der Waals surface area (Å²) in [6, 6.07) is 5.59. The fourth-order valence-corrected chi connectivity index (χ4v) is 3.50. The fraction of sp³-hybridized carbons (Fsp3) is 0.467. The summed E-state index contributed by atoms with van der Waals surface area (Å²) >= 11 is 1.53. The van der Waals surface area contributed by atoms with Crippen molar-refractivity contribution in [2.24, 2.45) is 0 Å². The molecule has 1 fully saturated rings. The van der Waals surface area contributed by atoms with Gasteiger partial charge in [0.1, 0.15) is 0 Å². The maximum atomic E-state index is 12.6. The van der Waals surface area contributed by atoms with Crippen LogP contribution in [0, 0.1) is 0 Å². The number of benzene rings is 1. The molecule has 1 aromatic rings. The first-order valence-corrected chi connectivity index (χ1v) is 8.14. The number of hydrogen-bond acceptors (Lipinski definition) is 4. The SMILES string of the molecule is CC1Sc2ccc(C(=O)N3CCCNCC3)cc2NC1=O.Cl. The van der Waals surface area contributed by atoms with Gasteiger partial charge in [0.2, 0.25) is 5.91 Å². The van der Waals surface area contributed by atoms with Crippen molar-refractivity contribution < 1.29 is 9.59 Å². The smallest absolute Gasteiger partial charge is 0.253 e. The van der Waals surface area contributed by atoms with Gasteiger partial charge in [-0.2, -0.15) is 0 Å². The van der Waals surface area contributed by atoms with Gasteiger partial charge >= 0.3 is 0 Å². The number of hydrogen-bond donors (Lipinski definition) is 2. The number of carbonyl (C=O) groups excluding carboxylic acids is 2. The van der Waals surface area contributed by atoms with Crippen LogP contribution >= 0.6 is 24.2 Å². The summed E-state index contributed by atoms with van der Waals surface area (Å²) in [7, 11) is 0. The minimum Gasteiger partial charge on any atom is -0.337 e. The van der Waals surface area contributed by atoms with Gasteiger partial charge in [0.25, 0.3) is 5.91 Å². The van der Waals surface area contributed by atoms with Crippen LogP contribution in [0.4, 0.5) is 5.69 Å². The molecule has 1 saturated heterocycles. The molecule has 0 aliphatic carbocycles. The molecule has 7 heteroatoms. The fourth-order valence-electron chi connectivity index (χ4n) is 2.57. The van der Waals surface area contributed by atoms with E-state index in [9.17, 15) is 9.59 Å². The standard InChI is InChI=1S/C15H19N3O2S.ClH/c1-10-14(19)17-12-9-11(3-4-13(12)21-10)15(20)18-7-2-5-16-6-8-18;/h3-4,9-10,16H,2,5-8H2,1H3,(H,17,19);1H. The number of nitrogens with zero attached hydrogens (tertiary/aromatic N) is 1. The normalized spacial score (nSPS) is 21.2. The number of halogens is 1. The van der Waals surface area contributed by atoms with Gasteiger partial charge in [-0.25, -0.2) is 0 Å². The molecule has 3 rings (SSSR count). The Kier molecular flexibility index (Phi) is 5.72. The molecule has 2 amide bonds. The predicted octanol–water partition coefficient (Wildman–Crippen LogP) is 1.98. The molecule has 1 atom stereocenters. The Balaban J connectivity index is 0.00000176. The molecule has 0 saturated carbocycles. The monoisotopic (exact) mass is 341 g/mol. The van der Waals surface area contributed by atoms with Gasteiger partial charge in [0.05, 0.1) is 10.9 Å². The van der Waals surface area contributed by atoms with Crippen molar-refractivity contribution in [2.75, 3.05) is 31.5 Å². The van der Waals surface area contributed by atoms with Crippen molar-refractivity contribution in [1.29, 1.82) is 0 Å². The Morgan fingerprint density at radius 2 is 2.14 bits per heavy atom. The Labute approximate surface area is 140 Å². The van der Waals surface area contributed by atoms with Gasteiger partial charge in [-0.3, -0.25) is 9.59 Å². The first kappa shape index (κ1) is 17.1. The van der Waals surface area contributed by atoms with E-state index in [2.05, 4.69) is 10.6 Å². The van der Waals surface area contributed by atoms with Crippen molar-refractivity contribution in [2.45, 2.75) is 23.5 Å². The highest BCUT2D eigenvalue weighted by Crippen LogP contribution is 2.36. The maximum absolute atomic E-state index is 12.6. The molecular weight excluding hydrogens is 322 g/mol. The van der Waals surface area contributed by atoms with Crippen molar-refractivity contribution >= 4 is 41.7 Å². The predicted molar refractivity (Wildman–Crippen MR) is 91.0 cm³/mol. The molecule has 2 aliphatic heterocycles. The van der Waals surface area contributed by atoms with Gasteiger partial charge < -0.3 is 15.5 Å². The van der Waals surface area contributed by atoms with Gasteiger partial charge in [-0.1, -0.05) is 0 Å². The van der Waals surface area contributed by atoms with E-state index < -0.39 is 0 Å². The number of thioether (sulfide) groups is 1. The molecule has 1 unspecified atom stereocenters. The van der Waals surface area contributed by atoms with Crippen LogP contribution in [-0.2, 0) is 4.79 Å². The average Bonchev–Trinajstić information content (AvgIpc) is 2.76. The maximum Gasteiger partial charge on any atom is 0.253 e. The zero-order valence-corrected chi connectivity index (χ0v) is 14.1. The summed E-state index contributed by atoms with van der Waals surface area (Å²) in [5.41, 5.74) is 1.40. The quantitative estimate of drug-likeness (QED) is 0.820. The van der Waals surface area contributed by atoms with E-state index in [0.29, 0.717) is 5.56 Å². The number of rotatable bonds is 1. The average molecular weight is 342 g/mol. The van der Waals surface area contributed by atoms with E-state index in [1.807, 2.05) is 24.0 Å². The van der Waals surface area contributed by atoms with E-state index in [1.54, 1.807) is 6.07 Å². The molecule has 2 N–H and O–H groups in total. The lowest BCUT2D eigenvalue weighted by molar-refractivity contribution is -0.115. The lowest BCUT2D eigenvalue weighted by Crippen LogP contribution is -2.34. The third-order valence-corrected chi connectivity index (χ3v) is 4.96. The zero-order chi connectivity index (χ0) is 14.8. The van der Waals surface area contributed by atoms with Crippen molar-refractivity contribution in [1.82, 2.24) is 10.2 Å². The minimum atomic E-state index is -0.0873. The van der Waals surface area contributed by atoms with E-state index in [1.165, 1.54) is 11.8 Å². The Hall–Kier alpha value is -1.24. The number of fused-ring (bicyclic) bond motifs is 1. The zero-order valence-electron chi connectivity index (χ0n) is 12.4. The minimum absolute atomic E-state index is 0. The Morgan fingerprint density at radius 1 is 1.32 bits per heavy atom. The number of anilines is 1. The van der Waals surface area contributed by atoms with Crippen molar-refractivity contribution in [3.63, 3.8) is 0 Å². The highest BCUT2D eigenvalue weighted by molar-refractivity contribution is 8.00. The highest BCUT2D eigenvalue weighted by atomic mass is 35.5. The van der Waals surface area contributed by atoms with Crippen LogP contribution in [-0.4, -0.2) is 48.1 Å². The van der Waals surface area contributed by atoms with E-state index in [0.717, 1.165) is 43.2 Å². The van der Waals surface area contributed by atoms with Crippen molar-refractivity contribution in [3.8, 4) is 0 Å². The van der Waals surface area contributed by atoms with Gasteiger partial charge in [-0.05, 0) is 38.1 Å². The summed E-state index contributed by atoms with van der Waals surface area (Å²) in [6.07, 6.45) is 0.973. The second-order valence-electron chi connectivity index (χ2n) is 5.36. The summed E-state index contributed by atoms with van der Waals surface area (Å²) in [5, 5.41) is 6.08. The molecule has 2 heterocycles. The second-order valence-corrected chi connectivity index (χ2v) is 6.74. The van der Waals surface area contributed by atoms with Gasteiger partial charge in [0, 0.05) is 30.1 Å². The van der Waals surface area contributed by atoms with E-state index in [4.69, 9.17) is 0 Å². The van der Waals surface area contributed by atoms with E-state index in [-0.39, 0.29) is 29.5 Å². The molecule has 5 nitrogen and oxygen atoms in total. The van der Waals surface area contributed by atoms with Crippen LogP contribution in [0.25, 0.3) is 0 Å². The Morgan fingerprint density at radius 3 is 2.95 bits per heavy atom. The summed E-state index contributed by atoms with van der Waals surface area (Å²) in [6.45, 7) is 5.18. The lowest BCUT2D eigenvalue weighted by atomic mass is 10.1. The van der Waals surface area contributed by atoms with Crippen LogP contribution in [0.3, 0.4) is 0 Å². The molecule has 2 aliphatic rings. The van der Waals surface area contributed by atoms with Crippen LogP contribution in [0.15, 0.2) is 23.1 Å². The molecule has 0 aromatic heterocycles. The van der Waals surface area contributed by atoms with Crippen LogP contribution in [0.2, 0.25) is 0 Å². The summed E-state index contributed by atoms with van der Waals surface area (Å²) < 4.78 is 0. The van der Waals surface area contributed by atoms with Gasteiger partial charge in [-0.15, -0.1) is 24.2 Å². The Bertz CT molecular complexity index is 574. The largest absolute Gasteiger partial charge is 0.337 e. The molecule has 22 heavy (non-hydrogen) atoms. The molecule has 0 radical (unpaired) electrons. The topological polar surface area (TPSA) is 61.4 Å². The van der Waals surface area contributed by atoms with E-state index >= 15 is 0 Å². The first-order chi connectivity index (χ1) is 10.1. The lowest BCUT2D eigenvalue weighted by Gasteiger charge is -2.24.